The zero-order valence-electron chi connectivity index (χ0n) is 15.3. The van der Waals surface area contributed by atoms with Gasteiger partial charge in [0.25, 0.3) is 0 Å². The second-order valence-corrected chi connectivity index (χ2v) is 5.90. The SMILES string of the molecule is C=C(C)C(=O)OCC(OC(=O)C(=C)C)C(CC(O)CO)OC(=O)C(=C)C. The van der Waals surface area contributed by atoms with Crippen LogP contribution in [0.1, 0.15) is 27.2 Å². The Morgan fingerprint density at radius 2 is 1.27 bits per heavy atom. The number of hydrogen-bond donors (Lipinski definition) is 2. The first-order valence-electron chi connectivity index (χ1n) is 7.84. The zero-order valence-corrected chi connectivity index (χ0v) is 15.3. The van der Waals surface area contributed by atoms with Crippen LogP contribution in [0.3, 0.4) is 0 Å². The number of carbonyl (C=O) groups excluding carboxylic acids is 3. The molecule has 3 atom stereocenters. The molecule has 0 aromatic carbocycles. The Hall–Kier alpha value is -2.45. The van der Waals surface area contributed by atoms with Crippen LogP contribution >= 0.6 is 0 Å². The van der Waals surface area contributed by atoms with Crippen molar-refractivity contribution in [1.82, 2.24) is 0 Å². The lowest BCUT2D eigenvalue weighted by atomic mass is 10.1. The minimum Gasteiger partial charge on any atom is -0.458 e. The van der Waals surface area contributed by atoms with Crippen LogP contribution in [0.25, 0.3) is 0 Å². The fraction of sp³-hybridized carbons (Fsp3) is 0.500. The Bertz CT molecular complexity index is 578. The molecule has 0 aliphatic carbocycles. The standard InChI is InChI=1S/C18H26O8/c1-10(2)16(21)24-9-15(26-18(23)12(5)6)14(7-13(20)8-19)25-17(22)11(3)4/h13-15,19-20H,1,3,5,7-9H2,2,4,6H3. The summed E-state index contributed by atoms with van der Waals surface area (Å²) in [6, 6.07) is 0. The van der Waals surface area contributed by atoms with Gasteiger partial charge in [0.1, 0.15) is 12.7 Å². The van der Waals surface area contributed by atoms with E-state index in [-0.39, 0.29) is 23.1 Å². The molecule has 0 bridgehead atoms. The fourth-order valence-electron chi connectivity index (χ4n) is 1.59. The zero-order chi connectivity index (χ0) is 20.4. The smallest absolute Gasteiger partial charge is 0.333 e. The van der Waals surface area contributed by atoms with Crippen LogP contribution in [0, 0.1) is 0 Å². The maximum Gasteiger partial charge on any atom is 0.333 e. The quantitative estimate of drug-likeness (QED) is 0.312. The van der Waals surface area contributed by atoms with Crippen molar-refractivity contribution in [3.05, 3.63) is 36.5 Å². The lowest BCUT2D eigenvalue weighted by Gasteiger charge is -2.28. The topological polar surface area (TPSA) is 119 Å². The number of carbonyl (C=O) groups is 3. The summed E-state index contributed by atoms with van der Waals surface area (Å²) in [5.41, 5.74) is 0.284. The lowest BCUT2D eigenvalue weighted by Crippen LogP contribution is -2.42. The van der Waals surface area contributed by atoms with Gasteiger partial charge in [-0.15, -0.1) is 0 Å². The number of hydrogen-bond acceptors (Lipinski definition) is 8. The van der Waals surface area contributed by atoms with E-state index >= 15 is 0 Å². The first-order valence-corrected chi connectivity index (χ1v) is 7.84. The Morgan fingerprint density at radius 1 is 0.846 bits per heavy atom. The van der Waals surface area contributed by atoms with Crippen molar-refractivity contribution in [3.63, 3.8) is 0 Å². The lowest BCUT2D eigenvalue weighted by molar-refractivity contribution is -0.173. The summed E-state index contributed by atoms with van der Waals surface area (Å²) in [7, 11) is 0. The first kappa shape index (κ1) is 23.5. The predicted molar refractivity (Wildman–Crippen MR) is 92.9 cm³/mol. The molecule has 0 aromatic rings. The molecule has 0 saturated heterocycles. The minimum atomic E-state index is -1.25. The molecule has 0 aliphatic heterocycles. The van der Waals surface area contributed by atoms with E-state index in [9.17, 15) is 19.5 Å². The first-order chi connectivity index (χ1) is 12.0. The van der Waals surface area contributed by atoms with Crippen LogP contribution in [-0.2, 0) is 28.6 Å². The van der Waals surface area contributed by atoms with Crippen molar-refractivity contribution in [3.8, 4) is 0 Å². The number of rotatable bonds is 11. The molecule has 0 amide bonds. The van der Waals surface area contributed by atoms with Gasteiger partial charge >= 0.3 is 17.9 Å². The highest BCUT2D eigenvalue weighted by molar-refractivity contribution is 5.88. The Balaban J connectivity index is 5.48. The minimum absolute atomic E-state index is 0.0777. The van der Waals surface area contributed by atoms with Gasteiger partial charge in [0, 0.05) is 23.1 Å². The largest absolute Gasteiger partial charge is 0.458 e. The van der Waals surface area contributed by atoms with Crippen molar-refractivity contribution < 1.29 is 38.8 Å². The molecule has 0 aromatic heterocycles. The molecule has 8 nitrogen and oxygen atoms in total. The maximum atomic E-state index is 11.9. The highest BCUT2D eigenvalue weighted by atomic mass is 16.6. The van der Waals surface area contributed by atoms with Crippen molar-refractivity contribution in [2.75, 3.05) is 13.2 Å². The van der Waals surface area contributed by atoms with Crippen molar-refractivity contribution in [2.24, 2.45) is 0 Å². The number of aliphatic hydroxyl groups is 2. The van der Waals surface area contributed by atoms with Crippen molar-refractivity contribution >= 4 is 17.9 Å². The molecule has 0 radical (unpaired) electrons. The third-order valence-electron chi connectivity index (χ3n) is 3.07. The average Bonchev–Trinajstić information content (AvgIpc) is 2.56. The molecule has 0 aliphatic rings. The van der Waals surface area contributed by atoms with Gasteiger partial charge in [0.15, 0.2) is 6.10 Å². The van der Waals surface area contributed by atoms with E-state index < -0.39 is 49.4 Å². The van der Waals surface area contributed by atoms with Crippen LogP contribution < -0.4 is 0 Å². The molecule has 0 spiro atoms. The molecule has 0 rings (SSSR count). The van der Waals surface area contributed by atoms with Gasteiger partial charge in [-0.25, -0.2) is 14.4 Å². The van der Waals surface area contributed by atoms with Crippen LogP contribution in [0.2, 0.25) is 0 Å². The van der Waals surface area contributed by atoms with Crippen LogP contribution in [0.4, 0.5) is 0 Å². The van der Waals surface area contributed by atoms with Gasteiger partial charge in [-0.1, -0.05) is 19.7 Å². The number of ether oxygens (including phenoxy) is 3. The summed E-state index contributed by atoms with van der Waals surface area (Å²) >= 11 is 0. The highest BCUT2D eigenvalue weighted by Crippen LogP contribution is 2.16. The monoisotopic (exact) mass is 370 g/mol. The van der Waals surface area contributed by atoms with Gasteiger partial charge in [0.05, 0.1) is 12.7 Å². The second-order valence-electron chi connectivity index (χ2n) is 5.90. The van der Waals surface area contributed by atoms with Gasteiger partial charge in [-0.3, -0.25) is 0 Å². The molecule has 146 valence electrons. The summed E-state index contributed by atoms with van der Waals surface area (Å²) in [5, 5.41) is 18.7. The second kappa shape index (κ2) is 11.2. The summed E-state index contributed by atoms with van der Waals surface area (Å²) in [5.74, 6) is -2.31. The Kier molecular flexibility index (Phi) is 10.2. The molecular weight excluding hydrogens is 344 g/mol. The van der Waals surface area contributed by atoms with E-state index in [4.69, 9.17) is 19.3 Å². The third kappa shape index (κ3) is 8.59. The summed E-state index contributed by atoms with van der Waals surface area (Å²) in [6.07, 6.45) is -3.93. The summed E-state index contributed by atoms with van der Waals surface area (Å²) in [6.45, 7) is 13.5. The van der Waals surface area contributed by atoms with E-state index in [1.165, 1.54) is 20.8 Å². The molecule has 3 unspecified atom stereocenters. The van der Waals surface area contributed by atoms with Crippen molar-refractivity contribution in [2.45, 2.75) is 45.5 Å². The Morgan fingerprint density at radius 3 is 1.65 bits per heavy atom. The van der Waals surface area contributed by atoms with Crippen LogP contribution in [-0.4, -0.2) is 59.6 Å². The third-order valence-corrected chi connectivity index (χ3v) is 3.07. The fourth-order valence-corrected chi connectivity index (χ4v) is 1.59. The van der Waals surface area contributed by atoms with E-state index in [1.54, 1.807) is 0 Å². The normalized spacial score (nSPS) is 13.7. The molecule has 0 fully saturated rings. The van der Waals surface area contributed by atoms with E-state index in [1.807, 2.05) is 0 Å². The van der Waals surface area contributed by atoms with Gasteiger partial charge in [-0.05, 0) is 20.8 Å². The van der Waals surface area contributed by atoms with Gasteiger partial charge in [-0.2, -0.15) is 0 Å². The summed E-state index contributed by atoms with van der Waals surface area (Å²) in [4.78, 5) is 35.3. The highest BCUT2D eigenvalue weighted by Gasteiger charge is 2.32. The molecule has 2 N–H and O–H groups in total. The van der Waals surface area contributed by atoms with Crippen LogP contribution in [0.5, 0.6) is 0 Å². The van der Waals surface area contributed by atoms with E-state index in [0.29, 0.717) is 0 Å². The van der Waals surface area contributed by atoms with Gasteiger partial charge in [0.2, 0.25) is 0 Å². The predicted octanol–water partition coefficient (Wildman–Crippen LogP) is 0.825. The van der Waals surface area contributed by atoms with Gasteiger partial charge < -0.3 is 24.4 Å². The van der Waals surface area contributed by atoms with E-state index in [2.05, 4.69) is 19.7 Å². The molecule has 26 heavy (non-hydrogen) atoms. The molecule has 0 heterocycles. The maximum absolute atomic E-state index is 11.9. The Labute approximate surface area is 152 Å². The molecule has 0 saturated carbocycles. The molecular formula is C18H26O8. The van der Waals surface area contributed by atoms with Crippen molar-refractivity contribution in [1.29, 1.82) is 0 Å². The average molecular weight is 370 g/mol. The number of aliphatic hydroxyl groups excluding tert-OH is 2. The molecule has 8 heteroatoms. The van der Waals surface area contributed by atoms with E-state index in [0.717, 1.165) is 0 Å². The number of esters is 3. The van der Waals surface area contributed by atoms with Crippen LogP contribution in [0.15, 0.2) is 36.5 Å². The summed E-state index contributed by atoms with van der Waals surface area (Å²) < 4.78 is 15.4.